The van der Waals surface area contributed by atoms with Gasteiger partial charge in [0.05, 0.1) is 5.56 Å². The number of carbonyl (C=O) groups is 2. The molecule has 1 saturated heterocycles. The van der Waals surface area contributed by atoms with Crippen LogP contribution in [0.2, 0.25) is 0 Å². The third-order valence-corrected chi connectivity index (χ3v) is 4.42. The zero-order valence-corrected chi connectivity index (χ0v) is 11.1. The average molecular weight is 273 g/mol. The molecule has 1 aromatic rings. The van der Waals surface area contributed by atoms with Crippen molar-refractivity contribution in [2.75, 3.05) is 13.1 Å². The van der Waals surface area contributed by atoms with Gasteiger partial charge in [0.1, 0.15) is 12.1 Å². The van der Waals surface area contributed by atoms with E-state index in [0.717, 1.165) is 12.8 Å². The minimum atomic E-state index is -0.570. The van der Waals surface area contributed by atoms with E-state index in [1.165, 1.54) is 18.2 Å². The summed E-state index contributed by atoms with van der Waals surface area (Å²) in [7, 11) is 0. The number of aldehydes is 1. The molecule has 1 amide bonds. The molecule has 1 saturated carbocycles. The van der Waals surface area contributed by atoms with E-state index in [1.807, 2.05) is 6.08 Å². The summed E-state index contributed by atoms with van der Waals surface area (Å²) < 4.78 is 13.7. The fourth-order valence-corrected chi connectivity index (χ4v) is 3.33. The Balaban J connectivity index is 1.69. The van der Waals surface area contributed by atoms with Crippen molar-refractivity contribution in [3.8, 4) is 0 Å². The number of benzene rings is 1. The first kappa shape index (κ1) is 13.0. The molecular formula is C16H16FNO2. The Morgan fingerprint density at radius 3 is 2.70 bits per heavy atom. The van der Waals surface area contributed by atoms with Crippen LogP contribution in [-0.2, 0) is 0 Å². The van der Waals surface area contributed by atoms with E-state index in [4.69, 9.17) is 0 Å². The molecule has 0 atom stereocenters. The monoisotopic (exact) mass is 273 g/mol. The second kappa shape index (κ2) is 4.54. The van der Waals surface area contributed by atoms with E-state index in [2.05, 4.69) is 6.58 Å². The van der Waals surface area contributed by atoms with Gasteiger partial charge in [-0.1, -0.05) is 6.08 Å². The average Bonchev–Trinajstić information content (AvgIpc) is 2.36. The van der Waals surface area contributed by atoms with Crippen molar-refractivity contribution in [3.63, 3.8) is 0 Å². The predicted molar refractivity (Wildman–Crippen MR) is 73.0 cm³/mol. The number of hydrogen-bond donors (Lipinski definition) is 0. The first-order chi connectivity index (χ1) is 9.57. The van der Waals surface area contributed by atoms with Crippen molar-refractivity contribution in [2.45, 2.75) is 12.8 Å². The standard InChI is InChI=1S/C16H16FNO2/c1-2-11-6-16(7-11)9-18(10-16)15(20)13-5-12(8-19)3-4-14(13)17/h2-5,8,11H,1,6-7,9-10H2. The first-order valence-corrected chi connectivity index (χ1v) is 6.73. The molecule has 2 aliphatic rings. The van der Waals surface area contributed by atoms with Gasteiger partial charge in [-0.25, -0.2) is 4.39 Å². The largest absolute Gasteiger partial charge is 0.337 e. The molecule has 104 valence electrons. The van der Waals surface area contributed by atoms with E-state index in [1.54, 1.807) is 4.90 Å². The molecule has 2 fully saturated rings. The molecule has 1 spiro atoms. The number of amides is 1. The van der Waals surface area contributed by atoms with E-state index in [0.29, 0.717) is 30.9 Å². The minimum Gasteiger partial charge on any atom is -0.337 e. The number of carbonyl (C=O) groups excluding carboxylic acids is 2. The lowest BCUT2D eigenvalue weighted by molar-refractivity contribution is -0.0637. The highest BCUT2D eigenvalue weighted by molar-refractivity contribution is 5.96. The van der Waals surface area contributed by atoms with Crippen LogP contribution in [-0.4, -0.2) is 30.2 Å². The van der Waals surface area contributed by atoms with Crippen molar-refractivity contribution in [2.24, 2.45) is 11.3 Å². The predicted octanol–water partition coefficient (Wildman–Crippen LogP) is 2.68. The Hall–Kier alpha value is -1.97. The minimum absolute atomic E-state index is 0.0101. The number of hydrogen-bond acceptors (Lipinski definition) is 2. The summed E-state index contributed by atoms with van der Waals surface area (Å²) >= 11 is 0. The number of halogens is 1. The molecule has 1 aliphatic heterocycles. The zero-order valence-electron chi connectivity index (χ0n) is 11.1. The number of nitrogens with zero attached hydrogens (tertiary/aromatic N) is 1. The highest BCUT2D eigenvalue weighted by atomic mass is 19.1. The molecule has 4 heteroatoms. The van der Waals surface area contributed by atoms with Gasteiger partial charge < -0.3 is 4.90 Å². The van der Waals surface area contributed by atoms with Crippen LogP contribution in [0.5, 0.6) is 0 Å². The van der Waals surface area contributed by atoms with Gasteiger partial charge in [-0.3, -0.25) is 9.59 Å². The smallest absolute Gasteiger partial charge is 0.256 e. The van der Waals surface area contributed by atoms with Crippen LogP contribution in [0.4, 0.5) is 4.39 Å². The maximum Gasteiger partial charge on any atom is 0.256 e. The van der Waals surface area contributed by atoms with Gasteiger partial charge in [0.2, 0.25) is 0 Å². The summed E-state index contributed by atoms with van der Waals surface area (Å²) in [6, 6.07) is 3.86. The Labute approximate surface area is 117 Å². The molecule has 0 radical (unpaired) electrons. The van der Waals surface area contributed by atoms with Gasteiger partial charge in [-0.15, -0.1) is 6.58 Å². The van der Waals surface area contributed by atoms with Gasteiger partial charge in [0.25, 0.3) is 5.91 Å². The van der Waals surface area contributed by atoms with Crippen LogP contribution in [0.25, 0.3) is 0 Å². The highest BCUT2D eigenvalue weighted by Gasteiger charge is 2.52. The van der Waals surface area contributed by atoms with Crippen LogP contribution in [0.1, 0.15) is 33.6 Å². The van der Waals surface area contributed by atoms with Crippen LogP contribution < -0.4 is 0 Å². The molecule has 3 rings (SSSR count). The van der Waals surface area contributed by atoms with E-state index >= 15 is 0 Å². The number of likely N-dealkylation sites (tertiary alicyclic amines) is 1. The maximum atomic E-state index is 13.7. The summed E-state index contributed by atoms with van der Waals surface area (Å²) in [4.78, 5) is 24.6. The third-order valence-electron chi connectivity index (χ3n) is 4.42. The molecule has 1 aromatic carbocycles. The van der Waals surface area contributed by atoms with Crippen molar-refractivity contribution in [1.29, 1.82) is 0 Å². The SMILES string of the molecule is C=CC1CC2(C1)CN(C(=O)c1cc(C=O)ccc1F)C2. The highest BCUT2D eigenvalue weighted by Crippen LogP contribution is 2.52. The van der Waals surface area contributed by atoms with Crippen LogP contribution in [0.3, 0.4) is 0 Å². The lowest BCUT2D eigenvalue weighted by atomic mass is 9.58. The summed E-state index contributed by atoms with van der Waals surface area (Å²) in [5.41, 5.74) is 0.539. The third kappa shape index (κ3) is 1.96. The molecule has 20 heavy (non-hydrogen) atoms. The van der Waals surface area contributed by atoms with Gasteiger partial charge >= 0.3 is 0 Å². The molecule has 0 N–H and O–H groups in total. The second-order valence-electron chi connectivity index (χ2n) is 5.92. The molecule has 0 bridgehead atoms. The molecule has 1 aliphatic carbocycles. The summed E-state index contributed by atoms with van der Waals surface area (Å²) in [5, 5.41) is 0. The zero-order chi connectivity index (χ0) is 14.3. The van der Waals surface area contributed by atoms with E-state index < -0.39 is 5.82 Å². The Morgan fingerprint density at radius 1 is 1.40 bits per heavy atom. The van der Waals surface area contributed by atoms with Crippen LogP contribution in [0.15, 0.2) is 30.9 Å². The molecule has 1 heterocycles. The molecular weight excluding hydrogens is 257 g/mol. The topological polar surface area (TPSA) is 37.4 Å². The summed E-state index contributed by atoms with van der Waals surface area (Å²) in [6.45, 7) is 5.14. The lowest BCUT2D eigenvalue weighted by Gasteiger charge is -2.58. The maximum absolute atomic E-state index is 13.7. The summed E-state index contributed by atoms with van der Waals surface area (Å²) in [6.07, 6.45) is 4.71. The number of allylic oxidation sites excluding steroid dienone is 1. The fourth-order valence-electron chi connectivity index (χ4n) is 3.33. The van der Waals surface area contributed by atoms with Crippen molar-refractivity contribution < 1.29 is 14.0 Å². The fraction of sp³-hybridized carbons (Fsp3) is 0.375. The van der Waals surface area contributed by atoms with Gasteiger partial charge in [0, 0.05) is 24.1 Å². The van der Waals surface area contributed by atoms with Gasteiger partial charge in [-0.2, -0.15) is 0 Å². The lowest BCUT2D eigenvalue weighted by Crippen LogP contribution is -2.63. The van der Waals surface area contributed by atoms with Crippen molar-refractivity contribution in [1.82, 2.24) is 4.90 Å². The van der Waals surface area contributed by atoms with Crippen molar-refractivity contribution >= 4 is 12.2 Å². The Kier molecular flexibility index (Phi) is 2.96. The van der Waals surface area contributed by atoms with Crippen LogP contribution in [0, 0.1) is 17.2 Å². The first-order valence-electron chi connectivity index (χ1n) is 6.73. The van der Waals surface area contributed by atoms with E-state index in [-0.39, 0.29) is 16.9 Å². The van der Waals surface area contributed by atoms with Gasteiger partial charge in [0.15, 0.2) is 0 Å². The molecule has 0 unspecified atom stereocenters. The van der Waals surface area contributed by atoms with E-state index in [9.17, 15) is 14.0 Å². The molecule has 3 nitrogen and oxygen atoms in total. The molecule has 0 aromatic heterocycles. The quantitative estimate of drug-likeness (QED) is 0.627. The summed E-state index contributed by atoms with van der Waals surface area (Å²) in [5.74, 6) is -0.333. The Morgan fingerprint density at radius 2 is 2.10 bits per heavy atom. The second-order valence-corrected chi connectivity index (χ2v) is 5.92. The van der Waals surface area contributed by atoms with Gasteiger partial charge in [-0.05, 0) is 37.0 Å². The Bertz CT molecular complexity index is 582. The number of rotatable bonds is 3. The van der Waals surface area contributed by atoms with Crippen LogP contribution >= 0.6 is 0 Å². The van der Waals surface area contributed by atoms with Crippen molar-refractivity contribution in [3.05, 3.63) is 47.8 Å². The normalized spacial score (nSPS) is 20.1.